The van der Waals surface area contributed by atoms with Crippen molar-refractivity contribution < 1.29 is 4.74 Å². The molecule has 1 aromatic heterocycles. The molecule has 104 valence electrons. The summed E-state index contributed by atoms with van der Waals surface area (Å²) >= 11 is 0. The minimum absolute atomic E-state index is 0.803. The number of nitrogens with zero attached hydrogens (tertiary/aromatic N) is 1. The zero-order valence-electron chi connectivity index (χ0n) is 11.7. The van der Waals surface area contributed by atoms with Crippen molar-refractivity contribution in [1.29, 1.82) is 0 Å². The lowest BCUT2D eigenvalue weighted by Gasteiger charge is -2.09. The summed E-state index contributed by atoms with van der Waals surface area (Å²) < 4.78 is 5.53. The molecule has 2 aromatic carbocycles. The van der Waals surface area contributed by atoms with E-state index in [-0.39, 0.29) is 0 Å². The van der Waals surface area contributed by atoms with Crippen molar-refractivity contribution in [2.24, 2.45) is 0 Å². The molecular weight excluding hydrogens is 260 g/mol. The van der Waals surface area contributed by atoms with Gasteiger partial charge in [-0.05, 0) is 46.8 Å². The smallest absolute Gasteiger partial charge is 0.122 e. The van der Waals surface area contributed by atoms with Crippen LogP contribution in [0.4, 0.5) is 5.69 Å². The van der Waals surface area contributed by atoms with Crippen molar-refractivity contribution in [2.75, 3.05) is 11.9 Å². The molecule has 0 spiro atoms. The standard InChI is InChI=1S/C18H16N2O/c1-2-16-12-19-7-5-14(16)9-13(1)11-20-17-3-4-18-15(10-17)6-8-21-18/h1-5,7,9-10,12,20H,6,8,11H2. The molecule has 0 radical (unpaired) electrons. The number of anilines is 1. The predicted octanol–water partition coefficient (Wildman–Crippen LogP) is 3.78. The fraction of sp³-hybridized carbons (Fsp3) is 0.167. The Morgan fingerprint density at radius 3 is 3.05 bits per heavy atom. The maximum absolute atomic E-state index is 5.53. The van der Waals surface area contributed by atoms with Crippen LogP contribution in [-0.2, 0) is 13.0 Å². The average molecular weight is 276 g/mol. The Morgan fingerprint density at radius 2 is 2.05 bits per heavy atom. The minimum atomic E-state index is 0.803. The summed E-state index contributed by atoms with van der Waals surface area (Å²) in [6.07, 6.45) is 4.74. The first-order chi connectivity index (χ1) is 10.4. The van der Waals surface area contributed by atoms with Gasteiger partial charge >= 0.3 is 0 Å². The number of benzene rings is 2. The lowest BCUT2D eigenvalue weighted by Crippen LogP contribution is -1.99. The largest absolute Gasteiger partial charge is 0.493 e. The summed E-state index contributed by atoms with van der Waals surface area (Å²) in [6, 6.07) is 14.8. The van der Waals surface area contributed by atoms with Gasteiger partial charge in [0.2, 0.25) is 0 Å². The highest BCUT2D eigenvalue weighted by Crippen LogP contribution is 2.28. The Kier molecular flexibility index (Phi) is 2.96. The molecule has 1 N–H and O–H groups in total. The number of hydrogen-bond acceptors (Lipinski definition) is 3. The van der Waals surface area contributed by atoms with E-state index in [0.717, 1.165) is 31.0 Å². The maximum Gasteiger partial charge on any atom is 0.122 e. The molecule has 0 fully saturated rings. The van der Waals surface area contributed by atoms with Crippen molar-refractivity contribution in [3.63, 3.8) is 0 Å². The van der Waals surface area contributed by atoms with Gasteiger partial charge in [-0.15, -0.1) is 0 Å². The quantitative estimate of drug-likeness (QED) is 0.790. The van der Waals surface area contributed by atoms with Crippen LogP contribution in [0.3, 0.4) is 0 Å². The third-order valence-electron chi connectivity index (χ3n) is 3.89. The molecule has 3 heteroatoms. The monoisotopic (exact) mass is 276 g/mol. The highest BCUT2D eigenvalue weighted by molar-refractivity contribution is 5.82. The van der Waals surface area contributed by atoms with Crippen LogP contribution in [-0.4, -0.2) is 11.6 Å². The third-order valence-corrected chi connectivity index (χ3v) is 3.89. The van der Waals surface area contributed by atoms with Crippen LogP contribution in [0.15, 0.2) is 54.9 Å². The van der Waals surface area contributed by atoms with E-state index in [9.17, 15) is 0 Å². The number of hydrogen-bond donors (Lipinski definition) is 1. The molecule has 0 saturated carbocycles. The Bertz CT molecular complexity index is 798. The van der Waals surface area contributed by atoms with Crippen molar-refractivity contribution in [2.45, 2.75) is 13.0 Å². The Hall–Kier alpha value is -2.55. The number of nitrogens with one attached hydrogen (secondary N) is 1. The molecule has 3 nitrogen and oxygen atoms in total. The van der Waals surface area contributed by atoms with E-state index in [4.69, 9.17) is 4.74 Å². The van der Waals surface area contributed by atoms with E-state index in [1.54, 1.807) is 0 Å². The third kappa shape index (κ3) is 2.42. The highest BCUT2D eigenvalue weighted by Gasteiger charge is 2.11. The van der Waals surface area contributed by atoms with Gasteiger partial charge in [-0.25, -0.2) is 0 Å². The van der Waals surface area contributed by atoms with Crippen LogP contribution in [0.2, 0.25) is 0 Å². The molecule has 3 aromatic rings. The number of rotatable bonds is 3. The van der Waals surface area contributed by atoms with Gasteiger partial charge < -0.3 is 10.1 Å². The fourth-order valence-electron chi connectivity index (χ4n) is 2.74. The van der Waals surface area contributed by atoms with Gasteiger partial charge in [-0.3, -0.25) is 4.98 Å². The van der Waals surface area contributed by atoms with Crippen LogP contribution < -0.4 is 10.1 Å². The first kappa shape index (κ1) is 12.2. The van der Waals surface area contributed by atoms with Crippen LogP contribution in [0, 0.1) is 0 Å². The summed E-state index contributed by atoms with van der Waals surface area (Å²) in [5.41, 5.74) is 3.71. The van der Waals surface area contributed by atoms with Gasteiger partial charge in [0, 0.05) is 36.4 Å². The molecule has 0 saturated heterocycles. The normalized spacial score (nSPS) is 13.0. The molecule has 0 amide bonds. The number of pyridine rings is 1. The average Bonchev–Trinajstić information content (AvgIpc) is 3.00. The Morgan fingerprint density at radius 1 is 1.05 bits per heavy atom. The second-order valence-corrected chi connectivity index (χ2v) is 5.33. The van der Waals surface area contributed by atoms with Gasteiger partial charge in [-0.1, -0.05) is 12.1 Å². The molecule has 1 aliphatic rings. The lowest BCUT2D eigenvalue weighted by molar-refractivity contribution is 0.357. The molecule has 21 heavy (non-hydrogen) atoms. The number of aromatic nitrogens is 1. The molecule has 1 aliphatic heterocycles. The molecule has 0 aliphatic carbocycles. The van der Waals surface area contributed by atoms with Gasteiger partial charge in [0.15, 0.2) is 0 Å². The Labute approximate surface area is 123 Å². The van der Waals surface area contributed by atoms with Crippen molar-refractivity contribution in [1.82, 2.24) is 4.98 Å². The van der Waals surface area contributed by atoms with Crippen LogP contribution in [0.5, 0.6) is 5.75 Å². The second-order valence-electron chi connectivity index (χ2n) is 5.33. The lowest BCUT2D eigenvalue weighted by atomic mass is 10.1. The van der Waals surface area contributed by atoms with Crippen LogP contribution >= 0.6 is 0 Å². The summed E-state index contributed by atoms with van der Waals surface area (Å²) in [4.78, 5) is 4.14. The van der Waals surface area contributed by atoms with E-state index < -0.39 is 0 Å². The predicted molar refractivity (Wildman–Crippen MR) is 84.7 cm³/mol. The molecule has 2 heterocycles. The maximum atomic E-state index is 5.53. The summed E-state index contributed by atoms with van der Waals surface area (Å²) in [7, 11) is 0. The highest BCUT2D eigenvalue weighted by atomic mass is 16.5. The molecule has 0 unspecified atom stereocenters. The van der Waals surface area contributed by atoms with E-state index in [2.05, 4.69) is 46.7 Å². The molecule has 0 bridgehead atoms. The second kappa shape index (κ2) is 5.09. The summed E-state index contributed by atoms with van der Waals surface area (Å²) in [6.45, 7) is 1.62. The van der Waals surface area contributed by atoms with E-state index in [1.165, 1.54) is 21.9 Å². The summed E-state index contributed by atoms with van der Waals surface area (Å²) in [5.74, 6) is 1.03. The van der Waals surface area contributed by atoms with Crippen molar-refractivity contribution >= 4 is 16.5 Å². The minimum Gasteiger partial charge on any atom is -0.493 e. The number of ether oxygens (including phenoxy) is 1. The fourth-order valence-corrected chi connectivity index (χ4v) is 2.74. The van der Waals surface area contributed by atoms with Crippen molar-refractivity contribution in [3.05, 3.63) is 66.0 Å². The first-order valence-corrected chi connectivity index (χ1v) is 7.21. The van der Waals surface area contributed by atoms with Gasteiger partial charge in [0.1, 0.15) is 5.75 Å². The van der Waals surface area contributed by atoms with Gasteiger partial charge in [0.25, 0.3) is 0 Å². The zero-order valence-corrected chi connectivity index (χ0v) is 11.7. The van der Waals surface area contributed by atoms with E-state index in [1.807, 2.05) is 18.5 Å². The zero-order chi connectivity index (χ0) is 14.1. The topological polar surface area (TPSA) is 34.1 Å². The molecule has 0 atom stereocenters. The van der Waals surface area contributed by atoms with Crippen LogP contribution in [0.25, 0.3) is 10.8 Å². The molecule has 4 rings (SSSR count). The first-order valence-electron chi connectivity index (χ1n) is 7.21. The van der Waals surface area contributed by atoms with Crippen LogP contribution in [0.1, 0.15) is 11.1 Å². The Balaban J connectivity index is 1.52. The van der Waals surface area contributed by atoms with Gasteiger partial charge in [-0.2, -0.15) is 0 Å². The van der Waals surface area contributed by atoms with E-state index >= 15 is 0 Å². The SMILES string of the molecule is c1cc2cc(CNc3ccc4c(c3)CCO4)ccc2cn1. The van der Waals surface area contributed by atoms with Crippen molar-refractivity contribution in [3.8, 4) is 5.75 Å². The molecular formula is C18H16N2O. The van der Waals surface area contributed by atoms with Gasteiger partial charge in [0.05, 0.1) is 6.61 Å². The summed E-state index contributed by atoms with van der Waals surface area (Å²) in [5, 5.41) is 5.89. The van der Waals surface area contributed by atoms with E-state index in [0.29, 0.717) is 0 Å². The number of fused-ring (bicyclic) bond motifs is 2.